The zero-order chi connectivity index (χ0) is 7.56. The molecule has 0 saturated heterocycles. The molecular weight excluding hydrogens is 168 g/mol. The number of halogens is 1. The fourth-order valence-electron chi connectivity index (χ4n) is 0.651. The number of aromatic hydroxyl groups is 1. The van der Waals surface area contributed by atoms with E-state index in [0.717, 1.165) is 4.90 Å². The molecule has 1 rings (SSSR count). The van der Waals surface area contributed by atoms with E-state index in [1.54, 1.807) is 18.2 Å². The Labute approximate surface area is 69.0 Å². The van der Waals surface area contributed by atoms with Gasteiger partial charge in [-0.2, -0.15) is 0 Å². The molecule has 0 aliphatic rings. The van der Waals surface area contributed by atoms with Crippen LogP contribution in [0.15, 0.2) is 23.1 Å². The van der Waals surface area contributed by atoms with Crippen molar-refractivity contribution >= 4 is 23.4 Å². The highest BCUT2D eigenvalue weighted by atomic mass is 35.5. The molecule has 10 heavy (non-hydrogen) atoms. The highest BCUT2D eigenvalue weighted by molar-refractivity contribution is 7.98. The summed E-state index contributed by atoms with van der Waals surface area (Å²) in [6.07, 6.45) is 1.89. The highest BCUT2D eigenvalue weighted by Crippen LogP contribution is 2.28. The second-order valence-electron chi connectivity index (χ2n) is 1.82. The summed E-state index contributed by atoms with van der Waals surface area (Å²) < 4.78 is 0. The average Bonchev–Trinajstić information content (AvgIpc) is 1.94. The summed E-state index contributed by atoms with van der Waals surface area (Å²) in [5.41, 5.74) is 0. The van der Waals surface area contributed by atoms with Gasteiger partial charge in [-0.25, -0.2) is 0 Å². The fraction of sp³-hybridized carbons (Fsp3) is 0.143. The molecule has 1 aromatic rings. The molecule has 0 radical (unpaired) electrons. The van der Waals surface area contributed by atoms with Crippen LogP contribution in [0.2, 0.25) is 5.02 Å². The zero-order valence-electron chi connectivity index (χ0n) is 5.47. The molecule has 0 heterocycles. The van der Waals surface area contributed by atoms with Gasteiger partial charge in [0.1, 0.15) is 5.75 Å². The maximum absolute atomic E-state index is 9.16. The van der Waals surface area contributed by atoms with Gasteiger partial charge in [-0.05, 0) is 24.5 Å². The van der Waals surface area contributed by atoms with Crippen molar-refractivity contribution in [3.63, 3.8) is 0 Å². The van der Waals surface area contributed by atoms with E-state index in [9.17, 15) is 0 Å². The molecular formula is C7H7ClOS. The van der Waals surface area contributed by atoms with Gasteiger partial charge in [0.05, 0.1) is 4.90 Å². The molecule has 0 atom stereocenters. The number of hydrogen-bond donors (Lipinski definition) is 1. The van der Waals surface area contributed by atoms with Gasteiger partial charge in [-0.1, -0.05) is 11.6 Å². The summed E-state index contributed by atoms with van der Waals surface area (Å²) in [4.78, 5) is 0.813. The van der Waals surface area contributed by atoms with Crippen LogP contribution in [-0.2, 0) is 0 Å². The lowest BCUT2D eigenvalue weighted by atomic mass is 10.3. The Morgan fingerprint density at radius 3 is 2.70 bits per heavy atom. The number of phenolic OH excluding ortho intramolecular Hbond substituents is 1. The molecule has 1 aromatic carbocycles. The summed E-state index contributed by atoms with van der Waals surface area (Å²) in [6, 6.07) is 4.99. The van der Waals surface area contributed by atoms with Gasteiger partial charge in [0.2, 0.25) is 0 Å². The minimum atomic E-state index is 0.289. The summed E-state index contributed by atoms with van der Waals surface area (Å²) in [6.45, 7) is 0. The molecule has 0 aliphatic heterocycles. The summed E-state index contributed by atoms with van der Waals surface area (Å²) >= 11 is 7.15. The lowest BCUT2D eigenvalue weighted by Crippen LogP contribution is -1.71. The first-order valence-corrected chi connectivity index (χ1v) is 4.37. The molecule has 0 saturated carbocycles. The fourth-order valence-corrected chi connectivity index (χ4v) is 1.41. The van der Waals surface area contributed by atoms with E-state index in [2.05, 4.69) is 0 Å². The number of rotatable bonds is 1. The maximum Gasteiger partial charge on any atom is 0.129 e. The summed E-state index contributed by atoms with van der Waals surface area (Å²) in [7, 11) is 0. The largest absolute Gasteiger partial charge is 0.507 e. The van der Waals surface area contributed by atoms with Gasteiger partial charge in [-0.15, -0.1) is 11.8 Å². The van der Waals surface area contributed by atoms with Crippen molar-refractivity contribution in [2.24, 2.45) is 0 Å². The van der Waals surface area contributed by atoms with Crippen LogP contribution < -0.4 is 0 Å². The molecule has 1 N–H and O–H groups in total. The van der Waals surface area contributed by atoms with Crippen LogP contribution in [0, 0.1) is 0 Å². The van der Waals surface area contributed by atoms with Crippen molar-refractivity contribution in [2.75, 3.05) is 6.26 Å². The van der Waals surface area contributed by atoms with Gasteiger partial charge < -0.3 is 5.11 Å². The molecule has 3 heteroatoms. The van der Waals surface area contributed by atoms with Crippen LogP contribution in [0.4, 0.5) is 0 Å². The second kappa shape index (κ2) is 3.17. The number of hydrogen-bond acceptors (Lipinski definition) is 2. The predicted molar refractivity (Wildman–Crippen MR) is 44.9 cm³/mol. The van der Waals surface area contributed by atoms with Gasteiger partial charge in [0, 0.05) is 5.02 Å². The van der Waals surface area contributed by atoms with Crippen LogP contribution in [-0.4, -0.2) is 11.4 Å². The quantitative estimate of drug-likeness (QED) is 0.661. The Balaban J connectivity index is 3.09. The van der Waals surface area contributed by atoms with Crippen LogP contribution in [0.25, 0.3) is 0 Å². The lowest BCUT2D eigenvalue weighted by Gasteiger charge is -1.99. The van der Waals surface area contributed by atoms with E-state index >= 15 is 0 Å². The third-order valence-corrected chi connectivity index (χ3v) is 2.14. The van der Waals surface area contributed by atoms with Gasteiger partial charge >= 0.3 is 0 Å². The Bertz CT molecular complexity index is 237. The van der Waals surface area contributed by atoms with Crippen molar-refractivity contribution in [2.45, 2.75) is 4.90 Å². The van der Waals surface area contributed by atoms with Crippen molar-refractivity contribution in [1.82, 2.24) is 0 Å². The number of thioether (sulfide) groups is 1. The molecule has 0 aliphatic carbocycles. The standard InChI is InChI=1S/C7H7ClOS/c1-10-7-4-5(8)2-3-6(7)9/h2-4,9H,1H3. The van der Waals surface area contributed by atoms with E-state index in [4.69, 9.17) is 16.7 Å². The Morgan fingerprint density at radius 1 is 1.50 bits per heavy atom. The third kappa shape index (κ3) is 1.58. The van der Waals surface area contributed by atoms with Crippen molar-refractivity contribution in [3.05, 3.63) is 23.2 Å². The van der Waals surface area contributed by atoms with E-state index in [-0.39, 0.29) is 5.75 Å². The Morgan fingerprint density at radius 2 is 2.20 bits per heavy atom. The predicted octanol–water partition coefficient (Wildman–Crippen LogP) is 2.77. The number of phenols is 1. The monoisotopic (exact) mass is 174 g/mol. The third-order valence-electron chi connectivity index (χ3n) is 1.14. The molecule has 0 aromatic heterocycles. The van der Waals surface area contributed by atoms with E-state index < -0.39 is 0 Å². The van der Waals surface area contributed by atoms with Crippen molar-refractivity contribution < 1.29 is 5.11 Å². The van der Waals surface area contributed by atoms with E-state index in [1.807, 2.05) is 6.26 Å². The average molecular weight is 175 g/mol. The van der Waals surface area contributed by atoms with Crippen LogP contribution in [0.1, 0.15) is 0 Å². The minimum Gasteiger partial charge on any atom is -0.507 e. The second-order valence-corrected chi connectivity index (χ2v) is 3.10. The molecule has 0 bridgehead atoms. The highest BCUT2D eigenvalue weighted by Gasteiger charge is 1.98. The minimum absolute atomic E-state index is 0.289. The topological polar surface area (TPSA) is 20.2 Å². The maximum atomic E-state index is 9.16. The molecule has 54 valence electrons. The van der Waals surface area contributed by atoms with Crippen LogP contribution >= 0.6 is 23.4 Å². The smallest absolute Gasteiger partial charge is 0.129 e. The zero-order valence-corrected chi connectivity index (χ0v) is 7.04. The van der Waals surface area contributed by atoms with Crippen LogP contribution in [0.5, 0.6) is 5.75 Å². The first-order chi connectivity index (χ1) is 4.74. The molecule has 0 unspecified atom stereocenters. The lowest BCUT2D eigenvalue weighted by molar-refractivity contribution is 0.462. The van der Waals surface area contributed by atoms with Gasteiger partial charge in [0.25, 0.3) is 0 Å². The Hall–Kier alpha value is -0.340. The first-order valence-electron chi connectivity index (χ1n) is 2.76. The summed E-state index contributed by atoms with van der Waals surface area (Å²) in [5, 5.41) is 9.81. The van der Waals surface area contributed by atoms with Crippen molar-refractivity contribution in [3.8, 4) is 5.75 Å². The van der Waals surface area contributed by atoms with Gasteiger partial charge in [-0.3, -0.25) is 0 Å². The molecule has 0 amide bonds. The van der Waals surface area contributed by atoms with Crippen molar-refractivity contribution in [1.29, 1.82) is 0 Å². The molecule has 0 fully saturated rings. The first kappa shape index (κ1) is 7.76. The molecule has 0 spiro atoms. The SMILES string of the molecule is CSc1cc(Cl)ccc1O. The van der Waals surface area contributed by atoms with E-state index in [0.29, 0.717) is 5.02 Å². The number of benzene rings is 1. The molecule has 1 nitrogen and oxygen atoms in total. The van der Waals surface area contributed by atoms with Crippen LogP contribution in [0.3, 0.4) is 0 Å². The van der Waals surface area contributed by atoms with Gasteiger partial charge in [0.15, 0.2) is 0 Å². The normalized spacial score (nSPS) is 9.80. The summed E-state index contributed by atoms with van der Waals surface area (Å²) in [5.74, 6) is 0.289. The van der Waals surface area contributed by atoms with E-state index in [1.165, 1.54) is 11.8 Å². The Kier molecular flexibility index (Phi) is 2.46.